The third-order valence-corrected chi connectivity index (χ3v) is 8.21. The van der Waals surface area contributed by atoms with E-state index in [1.807, 2.05) is 16.4 Å². The van der Waals surface area contributed by atoms with Gasteiger partial charge in [-0.3, -0.25) is 0 Å². The van der Waals surface area contributed by atoms with Gasteiger partial charge in [-0.25, -0.2) is 9.67 Å². The second kappa shape index (κ2) is 6.85. The van der Waals surface area contributed by atoms with Crippen LogP contribution in [0.5, 0.6) is 5.88 Å². The molecule has 0 fully saturated rings. The lowest BCUT2D eigenvalue weighted by Gasteiger charge is -2.46. The van der Waals surface area contributed by atoms with Gasteiger partial charge in [0.05, 0.1) is 16.9 Å². The van der Waals surface area contributed by atoms with Crippen LogP contribution in [-0.2, 0) is 0 Å². The lowest BCUT2D eigenvalue weighted by molar-refractivity contribution is 0.0199. The summed E-state index contributed by atoms with van der Waals surface area (Å²) < 4.78 is 8.70. The van der Waals surface area contributed by atoms with Gasteiger partial charge in [0.15, 0.2) is 0 Å². The zero-order valence-corrected chi connectivity index (χ0v) is 20.0. The SMILES string of the molecule is Cc1ccc(-n2nc(C)c3c2OC(C)(C)[C@@H]2CSc4nc5c(C)cccc5cc4[C@H]32)cc1. The number of nitrogens with zero attached hydrogens (tertiary/aromatic N) is 3. The second-order valence-electron chi connectivity index (χ2n) is 9.68. The van der Waals surface area contributed by atoms with E-state index in [1.54, 1.807) is 0 Å². The van der Waals surface area contributed by atoms with Crippen molar-refractivity contribution in [3.8, 4) is 11.6 Å². The quantitative estimate of drug-likeness (QED) is 0.344. The summed E-state index contributed by atoms with van der Waals surface area (Å²) in [6.07, 6.45) is 0. The molecule has 162 valence electrons. The highest BCUT2D eigenvalue weighted by Gasteiger charge is 2.50. The molecule has 0 N–H and O–H groups in total. The number of pyridine rings is 1. The maximum absolute atomic E-state index is 6.71. The highest BCUT2D eigenvalue weighted by Crippen LogP contribution is 2.55. The van der Waals surface area contributed by atoms with Gasteiger partial charge in [-0.05, 0) is 63.9 Å². The number of fused-ring (bicyclic) bond motifs is 6. The molecule has 2 aliphatic rings. The van der Waals surface area contributed by atoms with E-state index in [0.717, 1.165) is 33.6 Å². The Morgan fingerprint density at radius 1 is 1.06 bits per heavy atom. The Morgan fingerprint density at radius 3 is 2.62 bits per heavy atom. The normalized spacial score (nSPS) is 20.9. The molecular formula is C27H27N3OS. The molecule has 0 aliphatic carbocycles. The van der Waals surface area contributed by atoms with Crippen LogP contribution in [0, 0.1) is 26.7 Å². The summed E-state index contributed by atoms with van der Waals surface area (Å²) in [6, 6.07) is 17.3. The van der Waals surface area contributed by atoms with Crippen LogP contribution in [0.3, 0.4) is 0 Å². The summed E-state index contributed by atoms with van der Waals surface area (Å²) in [5.74, 6) is 2.44. The number of ether oxygens (including phenoxy) is 1. The Morgan fingerprint density at radius 2 is 1.84 bits per heavy atom. The van der Waals surface area contributed by atoms with Crippen LogP contribution < -0.4 is 4.74 Å². The molecule has 5 heteroatoms. The van der Waals surface area contributed by atoms with Crippen molar-refractivity contribution >= 4 is 22.7 Å². The highest BCUT2D eigenvalue weighted by molar-refractivity contribution is 7.99. The van der Waals surface area contributed by atoms with E-state index in [0.29, 0.717) is 5.92 Å². The van der Waals surface area contributed by atoms with Gasteiger partial charge in [-0.15, -0.1) is 11.8 Å². The van der Waals surface area contributed by atoms with E-state index in [4.69, 9.17) is 14.8 Å². The highest BCUT2D eigenvalue weighted by atomic mass is 32.2. The minimum atomic E-state index is -0.307. The van der Waals surface area contributed by atoms with Gasteiger partial charge < -0.3 is 4.74 Å². The van der Waals surface area contributed by atoms with Gasteiger partial charge >= 0.3 is 0 Å². The number of thioether (sulfide) groups is 1. The number of aryl methyl sites for hydroxylation is 3. The molecule has 0 radical (unpaired) electrons. The third kappa shape index (κ3) is 2.83. The zero-order valence-electron chi connectivity index (χ0n) is 19.1. The maximum atomic E-state index is 6.71. The molecule has 0 bridgehead atoms. The van der Waals surface area contributed by atoms with Crippen LogP contribution in [0.25, 0.3) is 16.6 Å². The molecule has 4 aromatic rings. The lowest BCUT2D eigenvalue weighted by Crippen LogP contribution is -2.47. The van der Waals surface area contributed by atoms with Crippen molar-refractivity contribution in [3.05, 3.63) is 76.5 Å². The molecule has 4 heterocycles. The van der Waals surface area contributed by atoms with Gasteiger partial charge in [-0.2, -0.15) is 5.10 Å². The Bertz CT molecular complexity index is 1370. The number of hydrogen-bond donors (Lipinski definition) is 0. The number of hydrogen-bond acceptors (Lipinski definition) is 4. The summed E-state index contributed by atoms with van der Waals surface area (Å²) in [6.45, 7) is 10.8. The average Bonchev–Trinajstić information content (AvgIpc) is 3.08. The zero-order chi connectivity index (χ0) is 22.2. The van der Waals surface area contributed by atoms with E-state index in [2.05, 4.69) is 83.1 Å². The van der Waals surface area contributed by atoms with Crippen molar-refractivity contribution in [1.29, 1.82) is 0 Å². The van der Waals surface area contributed by atoms with Crippen molar-refractivity contribution in [2.24, 2.45) is 5.92 Å². The van der Waals surface area contributed by atoms with Crippen molar-refractivity contribution in [2.75, 3.05) is 5.75 Å². The Kier molecular flexibility index (Phi) is 4.25. The fraction of sp³-hybridized carbons (Fsp3) is 0.333. The number of benzene rings is 2. The van der Waals surface area contributed by atoms with Crippen LogP contribution >= 0.6 is 11.8 Å². The molecule has 2 aromatic carbocycles. The first-order chi connectivity index (χ1) is 15.3. The molecule has 6 rings (SSSR count). The first kappa shape index (κ1) is 19.9. The molecule has 0 unspecified atom stereocenters. The van der Waals surface area contributed by atoms with E-state index in [-0.39, 0.29) is 11.5 Å². The van der Waals surface area contributed by atoms with Crippen LogP contribution in [0.2, 0.25) is 0 Å². The molecule has 0 saturated heterocycles. The first-order valence-electron chi connectivity index (χ1n) is 11.2. The maximum Gasteiger partial charge on any atom is 0.221 e. The molecule has 0 amide bonds. The molecule has 2 aromatic heterocycles. The predicted octanol–water partition coefficient (Wildman–Crippen LogP) is 6.37. The molecule has 2 atom stereocenters. The molecule has 4 nitrogen and oxygen atoms in total. The summed E-state index contributed by atoms with van der Waals surface area (Å²) in [7, 11) is 0. The van der Waals surface area contributed by atoms with Crippen LogP contribution in [0.15, 0.2) is 53.6 Å². The Hall–Kier alpha value is -2.79. The van der Waals surface area contributed by atoms with E-state index in [9.17, 15) is 0 Å². The Balaban J connectivity index is 1.60. The average molecular weight is 442 g/mol. The van der Waals surface area contributed by atoms with Crippen LogP contribution in [0.1, 0.15) is 47.7 Å². The largest absolute Gasteiger partial charge is 0.471 e. The topological polar surface area (TPSA) is 39.9 Å². The van der Waals surface area contributed by atoms with E-state index in [1.165, 1.54) is 27.6 Å². The van der Waals surface area contributed by atoms with Crippen molar-refractivity contribution in [3.63, 3.8) is 0 Å². The van der Waals surface area contributed by atoms with Gasteiger partial charge in [-0.1, -0.05) is 35.9 Å². The molecule has 0 spiro atoms. The van der Waals surface area contributed by atoms with Crippen molar-refractivity contribution in [2.45, 2.75) is 51.2 Å². The van der Waals surface area contributed by atoms with E-state index >= 15 is 0 Å². The Labute approximate surface area is 193 Å². The predicted molar refractivity (Wildman–Crippen MR) is 130 cm³/mol. The summed E-state index contributed by atoms with van der Waals surface area (Å²) in [5, 5.41) is 7.32. The smallest absolute Gasteiger partial charge is 0.221 e. The van der Waals surface area contributed by atoms with Crippen molar-refractivity contribution < 1.29 is 4.74 Å². The molecular weight excluding hydrogens is 414 g/mol. The summed E-state index contributed by atoms with van der Waals surface area (Å²) in [4.78, 5) is 5.13. The minimum absolute atomic E-state index is 0.224. The van der Waals surface area contributed by atoms with Crippen LogP contribution in [-0.4, -0.2) is 26.1 Å². The monoisotopic (exact) mass is 441 g/mol. The molecule has 0 saturated carbocycles. The number of rotatable bonds is 1. The standard InChI is InChI=1S/C27H27N3OS/c1-15-9-11-19(12-10-15)30-26-22(17(3)29-30)23-20-13-18-8-6-7-16(2)24(18)28-25(20)32-14-21(23)27(4,5)31-26/h6-13,21,23H,14H2,1-5H3/t21-,23+/m1/s1. The minimum Gasteiger partial charge on any atom is -0.471 e. The van der Waals surface area contributed by atoms with Gasteiger partial charge in [0.1, 0.15) is 10.6 Å². The molecule has 2 aliphatic heterocycles. The fourth-order valence-electron chi connectivity index (χ4n) is 5.29. The van der Waals surface area contributed by atoms with Gasteiger partial charge in [0.2, 0.25) is 5.88 Å². The van der Waals surface area contributed by atoms with Crippen LogP contribution in [0.4, 0.5) is 0 Å². The number of aromatic nitrogens is 3. The molecule has 32 heavy (non-hydrogen) atoms. The van der Waals surface area contributed by atoms with Gasteiger partial charge in [0.25, 0.3) is 0 Å². The number of para-hydroxylation sites is 1. The third-order valence-electron chi connectivity index (χ3n) is 7.08. The first-order valence-corrected chi connectivity index (χ1v) is 12.2. The van der Waals surface area contributed by atoms with E-state index < -0.39 is 0 Å². The second-order valence-corrected chi connectivity index (χ2v) is 10.7. The lowest BCUT2D eigenvalue weighted by atomic mass is 9.72. The van der Waals surface area contributed by atoms with Crippen molar-refractivity contribution in [1.82, 2.24) is 14.8 Å². The summed E-state index contributed by atoms with van der Waals surface area (Å²) in [5.41, 5.74) is 7.86. The fourth-order valence-corrected chi connectivity index (χ4v) is 6.72. The summed E-state index contributed by atoms with van der Waals surface area (Å²) >= 11 is 1.87. The van der Waals surface area contributed by atoms with Gasteiger partial charge in [0, 0.05) is 28.5 Å².